The van der Waals surface area contributed by atoms with Gasteiger partial charge in [0.15, 0.2) is 11.0 Å². The lowest BCUT2D eigenvalue weighted by Crippen LogP contribution is -2.04. The number of aliphatic imine (C=N–C) groups is 1. The van der Waals surface area contributed by atoms with Gasteiger partial charge in [-0.2, -0.15) is 4.98 Å². The van der Waals surface area contributed by atoms with Crippen LogP contribution in [0.5, 0.6) is 0 Å². The maximum absolute atomic E-state index is 11.0. The predicted molar refractivity (Wildman–Crippen MR) is 61.2 cm³/mol. The first-order valence-corrected chi connectivity index (χ1v) is 4.99. The molecule has 0 saturated carbocycles. The normalized spacial score (nSPS) is 10.7. The zero-order valence-electron chi connectivity index (χ0n) is 8.28. The van der Waals surface area contributed by atoms with E-state index >= 15 is 0 Å². The number of hydrogen-bond donors (Lipinski definition) is 1. The fraction of sp³-hybridized carbons (Fsp3) is 0.250. The molecule has 0 aliphatic rings. The third kappa shape index (κ3) is 3.32. The zero-order chi connectivity index (χ0) is 12.1. The van der Waals surface area contributed by atoms with Crippen molar-refractivity contribution in [2.24, 2.45) is 4.99 Å². The predicted octanol–water partition coefficient (Wildman–Crippen LogP) is 1.63. The monoisotopic (exact) mass is 262 g/mol. The summed E-state index contributed by atoms with van der Waals surface area (Å²) >= 11 is 11.2. The van der Waals surface area contributed by atoms with E-state index in [9.17, 15) is 4.79 Å². The van der Waals surface area contributed by atoms with E-state index in [1.807, 2.05) is 0 Å². The molecule has 1 aromatic rings. The number of rotatable bonds is 3. The fourth-order valence-corrected chi connectivity index (χ4v) is 1.28. The summed E-state index contributed by atoms with van der Waals surface area (Å²) in [6, 6.07) is 0. The van der Waals surface area contributed by atoms with Crippen LogP contribution in [0.15, 0.2) is 4.99 Å². The number of anilines is 1. The molecule has 0 atom stereocenters. The minimum Gasteiger partial charge on any atom is -0.462 e. The highest BCUT2D eigenvalue weighted by Crippen LogP contribution is 2.28. The lowest BCUT2D eigenvalue weighted by atomic mass is 10.5. The van der Waals surface area contributed by atoms with Crippen LogP contribution in [0, 0.1) is 0 Å². The van der Waals surface area contributed by atoms with Gasteiger partial charge in [-0.05, 0) is 18.5 Å². The molecule has 0 saturated heterocycles. The summed E-state index contributed by atoms with van der Waals surface area (Å²) in [7, 11) is 0. The van der Waals surface area contributed by atoms with Crippen molar-refractivity contribution in [3.05, 3.63) is 10.4 Å². The average Bonchev–Trinajstić information content (AvgIpc) is 2.16. The van der Waals surface area contributed by atoms with Gasteiger partial charge < -0.3 is 10.5 Å². The number of nitrogens with two attached hydrogens (primary N) is 1. The summed E-state index contributed by atoms with van der Waals surface area (Å²) in [4.78, 5) is 22.0. The molecule has 0 bridgehead atoms. The van der Waals surface area contributed by atoms with Crippen molar-refractivity contribution >= 4 is 46.9 Å². The van der Waals surface area contributed by atoms with Crippen LogP contribution >= 0.6 is 23.2 Å². The molecule has 0 unspecified atom stereocenters. The molecule has 6 nitrogen and oxygen atoms in total. The number of carbonyl (C=O) groups is 1. The molecular formula is C8H8Cl2N4O2. The molecule has 0 amide bonds. The van der Waals surface area contributed by atoms with E-state index in [1.165, 1.54) is 0 Å². The van der Waals surface area contributed by atoms with Gasteiger partial charge in [0.25, 0.3) is 0 Å². The lowest BCUT2D eigenvalue weighted by molar-refractivity contribution is -0.134. The topological polar surface area (TPSA) is 90.5 Å². The lowest BCUT2D eigenvalue weighted by Gasteiger charge is -2.01. The van der Waals surface area contributed by atoms with E-state index in [0.717, 1.165) is 6.21 Å². The quantitative estimate of drug-likeness (QED) is 0.387. The fourth-order valence-electron chi connectivity index (χ4n) is 0.833. The van der Waals surface area contributed by atoms with Crippen molar-refractivity contribution in [2.45, 2.75) is 6.92 Å². The standard InChI is InChI=1S/C8H8Cl2N4O2/c1-2-16-4(15)3-12-5-6(9)13-8(10)14-7(5)11/h3H,2H2,1H3,(H2,11,13,14). The molecule has 0 spiro atoms. The first-order valence-electron chi connectivity index (χ1n) is 4.24. The SMILES string of the molecule is CCOC(=O)C=Nc1c(N)nc(Cl)nc1Cl. The van der Waals surface area contributed by atoms with E-state index in [0.29, 0.717) is 0 Å². The zero-order valence-corrected chi connectivity index (χ0v) is 9.79. The molecule has 0 aromatic carbocycles. The minimum atomic E-state index is -0.604. The van der Waals surface area contributed by atoms with Crippen molar-refractivity contribution in [1.29, 1.82) is 0 Å². The number of carbonyl (C=O) groups excluding carboxylic acids is 1. The van der Waals surface area contributed by atoms with Crippen LogP contribution in [-0.2, 0) is 9.53 Å². The molecule has 1 heterocycles. The second-order valence-corrected chi connectivity index (χ2v) is 3.22. The smallest absolute Gasteiger partial charge is 0.349 e. The Morgan fingerprint density at radius 2 is 2.25 bits per heavy atom. The molecule has 8 heteroatoms. The van der Waals surface area contributed by atoms with Crippen molar-refractivity contribution in [3.63, 3.8) is 0 Å². The van der Waals surface area contributed by atoms with Crippen LogP contribution < -0.4 is 5.73 Å². The molecule has 0 aliphatic carbocycles. The van der Waals surface area contributed by atoms with Gasteiger partial charge in [-0.15, -0.1) is 0 Å². The van der Waals surface area contributed by atoms with Crippen LogP contribution in [0.25, 0.3) is 0 Å². The van der Waals surface area contributed by atoms with Crippen LogP contribution in [0.4, 0.5) is 11.5 Å². The van der Waals surface area contributed by atoms with Crippen LogP contribution in [0.1, 0.15) is 6.92 Å². The largest absolute Gasteiger partial charge is 0.462 e. The molecule has 1 rings (SSSR count). The Morgan fingerprint density at radius 1 is 1.56 bits per heavy atom. The summed E-state index contributed by atoms with van der Waals surface area (Å²) in [5, 5.41) is -0.115. The maximum Gasteiger partial charge on any atom is 0.349 e. The van der Waals surface area contributed by atoms with E-state index < -0.39 is 5.97 Å². The van der Waals surface area contributed by atoms with Gasteiger partial charge in [0.05, 0.1) is 6.61 Å². The molecular weight excluding hydrogens is 255 g/mol. The summed E-state index contributed by atoms with van der Waals surface area (Å²) < 4.78 is 4.63. The van der Waals surface area contributed by atoms with Gasteiger partial charge in [0.1, 0.15) is 11.9 Å². The van der Waals surface area contributed by atoms with Gasteiger partial charge in [-0.1, -0.05) is 11.6 Å². The van der Waals surface area contributed by atoms with Gasteiger partial charge in [0.2, 0.25) is 5.28 Å². The van der Waals surface area contributed by atoms with Crippen molar-refractivity contribution in [2.75, 3.05) is 12.3 Å². The third-order valence-corrected chi connectivity index (χ3v) is 1.86. The Balaban J connectivity index is 2.93. The minimum absolute atomic E-state index is 0.00875. The third-order valence-electron chi connectivity index (χ3n) is 1.43. The maximum atomic E-state index is 11.0. The van der Waals surface area contributed by atoms with Gasteiger partial charge in [0, 0.05) is 0 Å². The number of nitrogens with zero attached hydrogens (tertiary/aromatic N) is 3. The molecule has 0 radical (unpaired) electrons. The van der Waals surface area contributed by atoms with Crippen molar-refractivity contribution in [3.8, 4) is 0 Å². The Bertz CT molecular complexity index is 413. The van der Waals surface area contributed by atoms with Gasteiger partial charge in [-0.3, -0.25) is 0 Å². The van der Waals surface area contributed by atoms with Crippen LogP contribution in [-0.4, -0.2) is 28.8 Å². The van der Waals surface area contributed by atoms with Crippen molar-refractivity contribution in [1.82, 2.24) is 9.97 Å². The van der Waals surface area contributed by atoms with Gasteiger partial charge >= 0.3 is 5.97 Å². The first-order chi connectivity index (χ1) is 7.54. The highest BCUT2D eigenvalue weighted by atomic mass is 35.5. The number of nitrogen functional groups attached to an aromatic ring is 1. The highest BCUT2D eigenvalue weighted by molar-refractivity contribution is 6.34. The summed E-state index contributed by atoms with van der Waals surface area (Å²) in [6.07, 6.45) is 0.943. The molecule has 0 fully saturated rings. The number of aromatic nitrogens is 2. The molecule has 0 aliphatic heterocycles. The van der Waals surface area contributed by atoms with E-state index in [2.05, 4.69) is 19.7 Å². The van der Waals surface area contributed by atoms with E-state index in [-0.39, 0.29) is 28.5 Å². The molecule has 16 heavy (non-hydrogen) atoms. The number of hydrogen-bond acceptors (Lipinski definition) is 6. The number of esters is 1. The summed E-state index contributed by atoms with van der Waals surface area (Å²) in [5.41, 5.74) is 5.58. The summed E-state index contributed by atoms with van der Waals surface area (Å²) in [6.45, 7) is 1.93. The summed E-state index contributed by atoms with van der Waals surface area (Å²) in [5.74, 6) is -0.613. The second-order valence-electron chi connectivity index (χ2n) is 2.53. The molecule has 86 valence electrons. The Morgan fingerprint density at radius 3 is 2.81 bits per heavy atom. The number of ether oxygens (including phenoxy) is 1. The number of halogens is 2. The van der Waals surface area contributed by atoms with E-state index in [1.54, 1.807) is 6.92 Å². The van der Waals surface area contributed by atoms with Crippen molar-refractivity contribution < 1.29 is 9.53 Å². The van der Waals surface area contributed by atoms with E-state index in [4.69, 9.17) is 28.9 Å². The van der Waals surface area contributed by atoms with Gasteiger partial charge in [-0.25, -0.2) is 14.8 Å². The Hall–Kier alpha value is -1.40. The van der Waals surface area contributed by atoms with Crippen LogP contribution in [0.2, 0.25) is 10.4 Å². The Kier molecular flexibility index (Phi) is 4.45. The first kappa shape index (κ1) is 12.7. The average molecular weight is 263 g/mol. The molecule has 1 aromatic heterocycles. The van der Waals surface area contributed by atoms with Crippen LogP contribution in [0.3, 0.4) is 0 Å². The Labute approximate surface area is 101 Å². The highest BCUT2D eigenvalue weighted by Gasteiger charge is 2.09. The molecule has 2 N–H and O–H groups in total. The second kappa shape index (κ2) is 5.62.